The van der Waals surface area contributed by atoms with Crippen LogP contribution in [0.25, 0.3) is 0 Å². The fourth-order valence-corrected chi connectivity index (χ4v) is 1.06. The summed E-state index contributed by atoms with van der Waals surface area (Å²) in [6.45, 7) is 0. The zero-order chi connectivity index (χ0) is 7.68. The maximum atomic E-state index is 8.53. The van der Waals surface area contributed by atoms with Crippen LogP contribution in [0.2, 0.25) is 0 Å². The molecule has 0 fully saturated rings. The SMILES string of the molecule is N#CC1=[C+]c2ccccc2N1. The predicted molar refractivity (Wildman–Crippen MR) is 41.5 cm³/mol. The van der Waals surface area contributed by atoms with E-state index in [1.54, 1.807) is 0 Å². The van der Waals surface area contributed by atoms with Gasteiger partial charge in [-0.25, -0.2) is 0 Å². The van der Waals surface area contributed by atoms with E-state index in [9.17, 15) is 0 Å². The summed E-state index contributed by atoms with van der Waals surface area (Å²) in [5.74, 6) is 0. The Morgan fingerprint density at radius 3 is 2.91 bits per heavy atom. The van der Waals surface area contributed by atoms with Crippen molar-refractivity contribution in [1.82, 2.24) is 0 Å². The standard InChI is InChI=1S/C9H5N2/c10-6-8-5-7-3-1-2-4-9(7)11-8/h1-4,11H/q+1. The van der Waals surface area contributed by atoms with Crippen molar-refractivity contribution in [2.45, 2.75) is 0 Å². The molecule has 0 atom stereocenters. The summed E-state index contributed by atoms with van der Waals surface area (Å²) >= 11 is 0. The minimum absolute atomic E-state index is 0.492. The number of fused-ring (bicyclic) bond motifs is 1. The molecule has 2 heteroatoms. The van der Waals surface area contributed by atoms with Crippen LogP contribution in [0.5, 0.6) is 0 Å². The van der Waals surface area contributed by atoms with Crippen molar-refractivity contribution in [2.24, 2.45) is 0 Å². The van der Waals surface area contributed by atoms with E-state index >= 15 is 0 Å². The first-order valence-electron chi connectivity index (χ1n) is 3.30. The third-order valence-corrected chi connectivity index (χ3v) is 1.56. The van der Waals surface area contributed by atoms with Gasteiger partial charge in [0.25, 0.3) is 5.70 Å². The third kappa shape index (κ3) is 0.843. The fraction of sp³-hybridized carbons (Fsp3) is 0. The maximum Gasteiger partial charge on any atom is 0.275 e. The Morgan fingerprint density at radius 2 is 2.18 bits per heavy atom. The molecule has 0 aliphatic carbocycles. The lowest BCUT2D eigenvalue weighted by Crippen LogP contribution is -1.89. The molecule has 0 unspecified atom stereocenters. The van der Waals surface area contributed by atoms with E-state index in [0.29, 0.717) is 5.70 Å². The van der Waals surface area contributed by atoms with Gasteiger partial charge < -0.3 is 0 Å². The largest absolute Gasteiger partial charge is 0.280 e. The molecule has 1 heterocycles. The Balaban J connectivity index is 2.49. The zero-order valence-corrected chi connectivity index (χ0v) is 5.76. The summed E-state index contributed by atoms with van der Waals surface area (Å²) in [5.41, 5.74) is 2.42. The number of rotatable bonds is 0. The second kappa shape index (κ2) is 2.09. The fourth-order valence-electron chi connectivity index (χ4n) is 1.06. The van der Waals surface area contributed by atoms with E-state index in [1.165, 1.54) is 0 Å². The molecular weight excluding hydrogens is 136 g/mol. The molecule has 1 aromatic rings. The van der Waals surface area contributed by atoms with Crippen LogP contribution >= 0.6 is 0 Å². The van der Waals surface area contributed by atoms with Gasteiger partial charge in [0.2, 0.25) is 6.07 Å². The lowest BCUT2D eigenvalue weighted by molar-refractivity contribution is 1.46. The van der Waals surface area contributed by atoms with Crippen molar-refractivity contribution in [2.75, 3.05) is 5.32 Å². The number of para-hydroxylation sites is 1. The van der Waals surface area contributed by atoms with Crippen LogP contribution in [0.15, 0.2) is 30.0 Å². The number of nitriles is 1. The molecule has 2 rings (SSSR count). The van der Waals surface area contributed by atoms with Crippen LogP contribution < -0.4 is 5.32 Å². The van der Waals surface area contributed by atoms with E-state index in [-0.39, 0.29) is 0 Å². The van der Waals surface area contributed by atoms with E-state index < -0.39 is 0 Å². The van der Waals surface area contributed by atoms with Gasteiger partial charge in [-0.1, -0.05) is 0 Å². The summed E-state index contributed by atoms with van der Waals surface area (Å²) in [5, 5.41) is 11.5. The van der Waals surface area contributed by atoms with Crippen molar-refractivity contribution in [3.8, 4) is 6.07 Å². The highest BCUT2D eigenvalue weighted by atomic mass is 14.9. The Bertz CT molecular complexity index is 358. The van der Waals surface area contributed by atoms with Crippen LogP contribution in [-0.4, -0.2) is 0 Å². The third-order valence-electron chi connectivity index (χ3n) is 1.56. The lowest BCUT2D eigenvalue weighted by Gasteiger charge is -1.87. The molecule has 11 heavy (non-hydrogen) atoms. The smallest absolute Gasteiger partial charge is 0.275 e. The Kier molecular flexibility index (Phi) is 1.12. The molecule has 1 aliphatic heterocycles. The normalized spacial score (nSPS) is 12.1. The van der Waals surface area contributed by atoms with Crippen LogP contribution in [0.1, 0.15) is 5.56 Å². The molecule has 0 bridgehead atoms. The molecule has 1 aliphatic rings. The molecule has 0 aromatic heterocycles. The van der Waals surface area contributed by atoms with Crippen molar-refractivity contribution in [3.05, 3.63) is 41.6 Å². The van der Waals surface area contributed by atoms with Gasteiger partial charge in [-0.15, -0.1) is 5.26 Å². The average Bonchev–Trinajstić information content (AvgIpc) is 2.46. The molecular formula is C9H5N2+. The van der Waals surface area contributed by atoms with Gasteiger partial charge in [-0.05, 0) is 12.1 Å². The van der Waals surface area contributed by atoms with Gasteiger partial charge in [0.05, 0.1) is 6.08 Å². The van der Waals surface area contributed by atoms with Crippen LogP contribution in [0.4, 0.5) is 5.69 Å². The van der Waals surface area contributed by atoms with Crippen LogP contribution in [0, 0.1) is 17.4 Å². The number of nitrogens with one attached hydrogen (secondary N) is 1. The van der Waals surface area contributed by atoms with Crippen molar-refractivity contribution >= 4 is 5.69 Å². The van der Waals surface area contributed by atoms with Crippen molar-refractivity contribution < 1.29 is 0 Å². The highest BCUT2D eigenvalue weighted by Gasteiger charge is 2.19. The van der Waals surface area contributed by atoms with Gasteiger partial charge in [0, 0.05) is 12.1 Å². The number of hydrogen-bond donors (Lipinski definition) is 1. The van der Waals surface area contributed by atoms with Crippen LogP contribution in [0.3, 0.4) is 0 Å². The van der Waals surface area contributed by atoms with Gasteiger partial charge in [0.1, 0.15) is 5.69 Å². The molecule has 50 valence electrons. The molecule has 0 spiro atoms. The number of anilines is 1. The second-order valence-corrected chi connectivity index (χ2v) is 2.28. The summed E-state index contributed by atoms with van der Waals surface area (Å²) in [4.78, 5) is 0. The Hall–Kier alpha value is -1.84. The Labute approximate surface area is 64.8 Å². The first-order valence-corrected chi connectivity index (χ1v) is 3.30. The van der Waals surface area contributed by atoms with E-state index in [0.717, 1.165) is 11.3 Å². The minimum atomic E-state index is 0.492. The van der Waals surface area contributed by atoms with Crippen molar-refractivity contribution in [3.63, 3.8) is 0 Å². The first kappa shape index (κ1) is 5.91. The molecule has 1 N–H and O–H groups in total. The predicted octanol–water partition coefficient (Wildman–Crippen LogP) is 1.67. The average molecular weight is 141 g/mol. The van der Waals surface area contributed by atoms with E-state index in [1.807, 2.05) is 30.3 Å². The van der Waals surface area contributed by atoms with Gasteiger partial charge in [-0.3, -0.25) is 5.32 Å². The molecule has 0 amide bonds. The highest BCUT2D eigenvalue weighted by Crippen LogP contribution is 2.23. The summed E-state index contributed by atoms with van der Waals surface area (Å²) < 4.78 is 0. The molecule has 1 aromatic carbocycles. The number of hydrogen-bond acceptors (Lipinski definition) is 2. The molecule has 0 saturated heterocycles. The van der Waals surface area contributed by atoms with E-state index in [2.05, 4.69) is 11.4 Å². The molecule has 0 radical (unpaired) electrons. The van der Waals surface area contributed by atoms with Gasteiger partial charge in [-0.2, -0.15) is 0 Å². The first-order chi connectivity index (χ1) is 5.40. The topological polar surface area (TPSA) is 35.8 Å². The minimum Gasteiger partial charge on any atom is -0.280 e. The lowest BCUT2D eigenvalue weighted by atomic mass is 10.2. The summed E-state index contributed by atoms with van der Waals surface area (Å²) in [7, 11) is 0. The number of nitrogens with zero attached hydrogens (tertiary/aromatic N) is 1. The molecule has 0 saturated carbocycles. The van der Waals surface area contributed by atoms with Gasteiger partial charge in [0.15, 0.2) is 5.56 Å². The number of allylic oxidation sites excluding steroid dienone is 1. The molecule has 2 nitrogen and oxygen atoms in total. The maximum absolute atomic E-state index is 8.53. The monoisotopic (exact) mass is 141 g/mol. The quantitative estimate of drug-likeness (QED) is 0.558. The van der Waals surface area contributed by atoms with Crippen molar-refractivity contribution in [1.29, 1.82) is 5.26 Å². The summed E-state index contributed by atoms with van der Waals surface area (Å²) in [6, 6.07) is 9.70. The zero-order valence-electron chi connectivity index (χ0n) is 5.76. The highest BCUT2D eigenvalue weighted by molar-refractivity contribution is 5.65. The van der Waals surface area contributed by atoms with E-state index in [4.69, 9.17) is 5.26 Å². The second-order valence-electron chi connectivity index (χ2n) is 2.28. The van der Waals surface area contributed by atoms with Gasteiger partial charge >= 0.3 is 0 Å². The number of benzene rings is 1. The Morgan fingerprint density at radius 1 is 1.36 bits per heavy atom. The summed E-state index contributed by atoms with van der Waals surface area (Å²) in [6.07, 6.45) is 2.93. The van der Waals surface area contributed by atoms with Crippen LogP contribution in [-0.2, 0) is 0 Å².